The number of furan rings is 1. The standard InChI is InChI=1S/C12H15N3O2/c1-15(2)7-10-11(12(16)14-13)8-5-3-4-6-9(8)17-10/h3-6H,7,13H2,1-2H3,(H,14,16). The van der Waals surface area contributed by atoms with E-state index in [0.29, 0.717) is 23.5 Å². The van der Waals surface area contributed by atoms with Crippen LogP contribution in [-0.4, -0.2) is 24.9 Å². The van der Waals surface area contributed by atoms with E-state index in [2.05, 4.69) is 5.43 Å². The fraction of sp³-hybridized carbons (Fsp3) is 0.250. The van der Waals surface area contributed by atoms with Gasteiger partial charge in [0.05, 0.1) is 12.1 Å². The summed E-state index contributed by atoms with van der Waals surface area (Å²) in [5.74, 6) is 5.50. The Morgan fingerprint density at radius 1 is 1.41 bits per heavy atom. The minimum Gasteiger partial charge on any atom is -0.459 e. The van der Waals surface area contributed by atoms with Gasteiger partial charge in [-0.2, -0.15) is 0 Å². The maximum absolute atomic E-state index is 11.8. The molecule has 1 aromatic heterocycles. The molecule has 0 unspecified atom stereocenters. The van der Waals surface area contributed by atoms with E-state index in [1.54, 1.807) is 0 Å². The number of nitrogens with zero attached hydrogens (tertiary/aromatic N) is 1. The Kier molecular flexibility index (Phi) is 3.12. The van der Waals surface area contributed by atoms with Crippen LogP contribution in [0.25, 0.3) is 11.0 Å². The van der Waals surface area contributed by atoms with Crippen LogP contribution in [0.2, 0.25) is 0 Å². The Morgan fingerprint density at radius 2 is 2.12 bits per heavy atom. The lowest BCUT2D eigenvalue weighted by Gasteiger charge is -2.08. The number of nitrogen functional groups attached to an aromatic ring is 1. The van der Waals surface area contributed by atoms with Crippen molar-refractivity contribution < 1.29 is 9.21 Å². The van der Waals surface area contributed by atoms with Crippen molar-refractivity contribution in [3.63, 3.8) is 0 Å². The monoisotopic (exact) mass is 233 g/mol. The molecule has 0 fully saturated rings. The van der Waals surface area contributed by atoms with Crippen molar-refractivity contribution in [1.82, 2.24) is 10.3 Å². The number of carbonyl (C=O) groups excluding carboxylic acids is 1. The van der Waals surface area contributed by atoms with E-state index in [9.17, 15) is 4.79 Å². The van der Waals surface area contributed by atoms with Crippen LogP contribution >= 0.6 is 0 Å². The lowest BCUT2D eigenvalue weighted by atomic mass is 10.1. The number of hydrazine groups is 1. The number of rotatable bonds is 3. The number of carbonyl (C=O) groups is 1. The Bertz CT molecular complexity index is 546. The highest BCUT2D eigenvalue weighted by atomic mass is 16.3. The molecule has 0 aliphatic carbocycles. The third-order valence-electron chi connectivity index (χ3n) is 2.49. The van der Waals surface area contributed by atoms with Crippen molar-refractivity contribution in [2.75, 3.05) is 14.1 Å². The van der Waals surface area contributed by atoms with E-state index in [4.69, 9.17) is 10.3 Å². The summed E-state index contributed by atoms with van der Waals surface area (Å²) in [7, 11) is 3.83. The van der Waals surface area contributed by atoms with Crippen molar-refractivity contribution in [3.05, 3.63) is 35.6 Å². The van der Waals surface area contributed by atoms with Crippen LogP contribution in [0.4, 0.5) is 0 Å². The lowest BCUT2D eigenvalue weighted by molar-refractivity contribution is 0.0952. The number of fused-ring (bicyclic) bond motifs is 1. The summed E-state index contributed by atoms with van der Waals surface area (Å²) >= 11 is 0. The molecule has 0 spiro atoms. The number of amides is 1. The number of para-hydroxylation sites is 1. The Hall–Kier alpha value is -1.85. The predicted molar refractivity (Wildman–Crippen MR) is 65.3 cm³/mol. The predicted octanol–water partition coefficient (Wildman–Crippen LogP) is 1.10. The number of hydrogen-bond donors (Lipinski definition) is 2. The van der Waals surface area contributed by atoms with Crippen LogP contribution in [0.3, 0.4) is 0 Å². The second-order valence-corrected chi connectivity index (χ2v) is 4.11. The first-order chi connectivity index (χ1) is 8.13. The second-order valence-electron chi connectivity index (χ2n) is 4.11. The van der Waals surface area contributed by atoms with Crippen molar-refractivity contribution in [1.29, 1.82) is 0 Å². The minimum atomic E-state index is -0.327. The molecule has 0 radical (unpaired) electrons. The molecule has 2 aromatic rings. The van der Waals surface area contributed by atoms with Crippen LogP contribution in [0, 0.1) is 0 Å². The molecule has 1 aromatic carbocycles. The van der Waals surface area contributed by atoms with Crippen molar-refractivity contribution >= 4 is 16.9 Å². The van der Waals surface area contributed by atoms with Gasteiger partial charge in [0.25, 0.3) is 5.91 Å². The van der Waals surface area contributed by atoms with E-state index in [0.717, 1.165) is 5.39 Å². The Labute approximate surface area is 99.1 Å². The number of nitrogens with one attached hydrogen (secondary N) is 1. The highest BCUT2D eigenvalue weighted by Crippen LogP contribution is 2.26. The SMILES string of the molecule is CN(C)Cc1oc2ccccc2c1C(=O)NN. The fourth-order valence-corrected chi connectivity index (χ4v) is 1.82. The van der Waals surface area contributed by atoms with Gasteiger partial charge in [0, 0.05) is 5.39 Å². The first-order valence-electron chi connectivity index (χ1n) is 5.29. The average Bonchev–Trinajstić information content (AvgIpc) is 2.65. The third-order valence-corrected chi connectivity index (χ3v) is 2.49. The molecule has 2 rings (SSSR count). The normalized spacial score (nSPS) is 11.1. The molecule has 0 bridgehead atoms. The number of nitrogens with two attached hydrogens (primary N) is 1. The molecule has 0 aliphatic heterocycles. The maximum Gasteiger partial charge on any atom is 0.269 e. The highest BCUT2D eigenvalue weighted by Gasteiger charge is 2.19. The minimum absolute atomic E-state index is 0.327. The zero-order chi connectivity index (χ0) is 12.4. The van der Waals surface area contributed by atoms with Crippen LogP contribution in [0.15, 0.2) is 28.7 Å². The Morgan fingerprint density at radius 3 is 2.76 bits per heavy atom. The van der Waals surface area contributed by atoms with Gasteiger partial charge in [-0.15, -0.1) is 0 Å². The number of benzene rings is 1. The van der Waals surface area contributed by atoms with Crippen LogP contribution in [0.5, 0.6) is 0 Å². The fourth-order valence-electron chi connectivity index (χ4n) is 1.82. The third kappa shape index (κ3) is 2.15. The smallest absolute Gasteiger partial charge is 0.269 e. The summed E-state index contributed by atoms with van der Waals surface area (Å²) < 4.78 is 5.67. The summed E-state index contributed by atoms with van der Waals surface area (Å²) in [6.07, 6.45) is 0. The molecule has 1 amide bonds. The van der Waals surface area contributed by atoms with Crippen LogP contribution < -0.4 is 11.3 Å². The van der Waals surface area contributed by atoms with Crippen molar-refractivity contribution in [2.45, 2.75) is 6.54 Å². The van der Waals surface area contributed by atoms with Gasteiger partial charge >= 0.3 is 0 Å². The van der Waals surface area contributed by atoms with E-state index < -0.39 is 0 Å². The molecular weight excluding hydrogens is 218 g/mol. The lowest BCUT2D eigenvalue weighted by Crippen LogP contribution is -2.31. The molecule has 90 valence electrons. The van der Waals surface area contributed by atoms with E-state index in [1.165, 1.54) is 0 Å². The molecule has 0 aliphatic rings. The molecule has 1 heterocycles. The molecule has 5 heteroatoms. The van der Waals surface area contributed by atoms with Gasteiger partial charge in [0.15, 0.2) is 0 Å². The van der Waals surface area contributed by atoms with Gasteiger partial charge in [0.2, 0.25) is 0 Å². The zero-order valence-corrected chi connectivity index (χ0v) is 9.86. The van der Waals surface area contributed by atoms with Gasteiger partial charge in [-0.1, -0.05) is 18.2 Å². The largest absolute Gasteiger partial charge is 0.459 e. The summed E-state index contributed by atoms with van der Waals surface area (Å²) in [6.45, 7) is 0.553. The van der Waals surface area contributed by atoms with E-state index in [1.807, 2.05) is 43.3 Å². The first-order valence-corrected chi connectivity index (χ1v) is 5.29. The van der Waals surface area contributed by atoms with Gasteiger partial charge in [-0.3, -0.25) is 10.2 Å². The van der Waals surface area contributed by atoms with Crippen molar-refractivity contribution in [3.8, 4) is 0 Å². The Balaban J connectivity index is 2.60. The average molecular weight is 233 g/mol. The second kappa shape index (κ2) is 4.57. The van der Waals surface area contributed by atoms with Crippen molar-refractivity contribution in [2.24, 2.45) is 5.84 Å². The zero-order valence-electron chi connectivity index (χ0n) is 9.86. The molecule has 5 nitrogen and oxygen atoms in total. The number of hydrogen-bond acceptors (Lipinski definition) is 4. The van der Waals surface area contributed by atoms with Gasteiger partial charge < -0.3 is 9.32 Å². The maximum atomic E-state index is 11.8. The van der Waals surface area contributed by atoms with Crippen LogP contribution in [0.1, 0.15) is 16.1 Å². The quantitative estimate of drug-likeness (QED) is 0.473. The van der Waals surface area contributed by atoms with Gasteiger partial charge in [-0.25, -0.2) is 5.84 Å². The molecule has 0 saturated heterocycles. The summed E-state index contributed by atoms with van der Waals surface area (Å²) in [4.78, 5) is 13.7. The topological polar surface area (TPSA) is 71.5 Å². The summed E-state index contributed by atoms with van der Waals surface area (Å²) in [5.41, 5.74) is 3.36. The van der Waals surface area contributed by atoms with Gasteiger partial charge in [0.1, 0.15) is 11.3 Å². The first kappa shape index (κ1) is 11.6. The molecule has 3 N–H and O–H groups in total. The van der Waals surface area contributed by atoms with E-state index >= 15 is 0 Å². The summed E-state index contributed by atoms with van der Waals surface area (Å²) in [6, 6.07) is 7.42. The molecule has 17 heavy (non-hydrogen) atoms. The van der Waals surface area contributed by atoms with Gasteiger partial charge in [-0.05, 0) is 20.2 Å². The van der Waals surface area contributed by atoms with E-state index in [-0.39, 0.29) is 5.91 Å². The molecule has 0 atom stereocenters. The van der Waals surface area contributed by atoms with Crippen LogP contribution in [-0.2, 0) is 6.54 Å². The molecule has 0 saturated carbocycles. The molecular formula is C12H15N3O2. The highest BCUT2D eigenvalue weighted by molar-refractivity contribution is 6.07. The summed E-state index contributed by atoms with van der Waals surface area (Å²) in [5, 5.41) is 0.785.